The molecule has 0 aliphatic carbocycles. The van der Waals surface area contributed by atoms with Crippen LogP contribution >= 0.6 is 0 Å². The molecule has 1 unspecified atom stereocenters. The maximum absolute atomic E-state index is 13.1. The summed E-state index contributed by atoms with van der Waals surface area (Å²) in [7, 11) is 0. The van der Waals surface area contributed by atoms with Gasteiger partial charge in [-0.3, -0.25) is 14.0 Å². The molecule has 1 atom stereocenters. The molecule has 0 fully saturated rings. The molecule has 4 rings (SSSR count). The molecule has 0 radical (unpaired) electrons. The number of hydrogen-bond donors (Lipinski definition) is 2. The van der Waals surface area contributed by atoms with Gasteiger partial charge in [0.2, 0.25) is 0 Å². The van der Waals surface area contributed by atoms with Crippen molar-refractivity contribution in [3.05, 3.63) is 81.8 Å². The number of aromatic nitrogens is 3. The first kappa shape index (κ1) is 19.6. The van der Waals surface area contributed by atoms with Gasteiger partial charge in [-0.2, -0.15) is 0 Å². The summed E-state index contributed by atoms with van der Waals surface area (Å²) < 4.78 is 1.49. The van der Waals surface area contributed by atoms with Crippen LogP contribution in [0.25, 0.3) is 16.7 Å². The summed E-state index contributed by atoms with van der Waals surface area (Å²) in [5.41, 5.74) is 2.83. The first-order valence-electron chi connectivity index (χ1n) is 9.91. The Labute approximate surface area is 173 Å². The molecule has 3 heterocycles. The van der Waals surface area contributed by atoms with Crippen LogP contribution in [-0.4, -0.2) is 26.8 Å². The molecule has 0 spiro atoms. The summed E-state index contributed by atoms with van der Waals surface area (Å²) in [6.07, 6.45) is 1.74. The number of nitrogens with one attached hydrogen (secondary N) is 2. The molecule has 3 aromatic heterocycles. The van der Waals surface area contributed by atoms with Gasteiger partial charge in [0.1, 0.15) is 11.5 Å². The van der Waals surface area contributed by atoms with E-state index >= 15 is 0 Å². The highest BCUT2D eigenvalue weighted by Crippen LogP contribution is 2.20. The van der Waals surface area contributed by atoms with Crippen molar-refractivity contribution in [3.63, 3.8) is 0 Å². The highest BCUT2D eigenvalue weighted by Gasteiger charge is 2.19. The van der Waals surface area contributed by atoms with Gasteiger partial charge >= 0.3 is 0 Å². The van der Waals surface area contributed by atoms with Gasteiger partial charge in [-0.05, 0) is 44.0 Å². The van der Waals surface area contributed by atoms with E-state index in [0.29, 0.717) is 34.6 Å². The van der Waals surface area contributed by atoms with Crippen molar-refractivity contribution >= 4 is 28.4 Å². The van der Waals surface area contributed by atoms with Gasteiger partial charge in [0, 0.05) is 12.7 Å². The summed E-state index contributed by atoms with van der Waals surface area (Å²) in [5.74, 6) is 0.108. The Morgan fingerprint density at radius 3 is 2.63 bits per heavy atom. The number of carbonyl (C=O) groups is 1. The van der Waals surface area contributed by atoms with Crippen molar-refractivity contribution in [2.45, 2.75) is 26.8 Å². The third kappa shape index (κ3) is 3.61. The fraction of sp³-hybridized carbons (Fsp3) is 0.217. The van der Waals surface area contributed by atoms with Gasteiger partial charge < -0.3 is 10.6 Å². The second-order valence-electron chi connectivity index (χ2n) is 7.24. The molecule has 7 heteroatoms. The van der Waals surface area contributed by atoms with Crippen LogP contribution in [0.3, 0.4) is 0 Å². The Bertz CT molecular complexity index is 1300. The quantitative estimate of drug-likeness (QED) is 0.500. The molecule has 1 amide bonds. The molecule has 0 aliphatic rings. The van der Waals surface area contributed by atoms with Gasteiger partial charge in [0.15, 0.2) is 5.65 Å². The predicted octanol–water partition coefficient (Wildman–Crippen LogP) is 3.47. The topological polar surface area (TPSA) is 88.4 Å². The molecular weight excluding hydrogens is 378 g/mol. The van der Waals surface area contributed by atoms with E-state index in [1.165, 1.54) is 4.40 Å². The molecule has 4 aromatic rings. The lowest BCUT2D eigenvalue weighted by atomic mass is 10.1. The smallest absolute Gasteiger partial charge is 0.267 e. The zero-order valence-corrected chi connectivity index (χ0v) is 17.1. The largest absolute Gasteiger partial charge is 0.370 e. The van der Waals surface area contributed by atoms with Gasteiger partial charge in [0.25, 0.3) is 11.5 Å². The minimum atomic E-state index is -0.301. The summed E-state index contributed by atoms with van der Waals surface area (Å²) >= 11 is 0. The average molecular weight is 401 g/mol. The zero-order valence-electron chi connectivity index (χ0n) is 17.1. The van der Waals surface area contributed by atoms with Gasteiger partial charge in [-0.1, -0.05) is 36.4 Å². The van der Waals surface area contributed by atoms with Crippen molar-refractivity contribution in [3.8, 4) is 0 Å². The van der Waals surface area contributed by atoms with E-state index in [-0.39, 0.29) is 17.5 Å². The van der Waals surface area contributed by atoms with Crippen molar-refractivity contribution in [2.75, 3.05) is 11.9 Å². The van der Waals surface area contributed by atoms with Crippen molar-refractivity contribution in [1.29, 1.82) is 0 Å². The van der Waals surface area contributed by atoms with E-state index in [2.05, 4.69) is 20.6 Å². The van der Waals surface area contributed by atoms with Crippen LogP contribution in [0, 0.1) is 6.92 Å². The Morgan fingerprint density at radius 1 is 1.13 bits per heavy atom. The first-order chi connectivity index (χ1) is 14.5. The van der Waals surface area contributed by atoms with Crippen LogP contribution < -0.4 is 16.2 Å². The maximum atomic E-state index is 13.1. The lowest BCUT2D eigenvalue weighted by Crippen LogP contribution is -2.28. The van der Waals surface area contributed by atoms with E-state index in [9.17, 15) is 9.59 Å². The van der Waals surface area contributed by atoms with E-state index in [4.69, 9.17) is 0 Å². The summed E-state index contributed by atoms with van der Waals surface area (Å²) in [6.45, 7) is 6.33. The van der Waals surface area contributed by atoms with Crippen molar-refractivity contribution in [2.24, 2.45) is 0 Å². The lowest BCUT2D eigenvalue weighted by Gasteiger charge is -2.16. The molecule has 0 saturated carbocycles. The van der Waals surface area contributed by atoms with Crippen LogP contribution in [0.2, 0.25) is 0 Å². The summed E-state index contributed by atoms with van der Waals surface area (Å²) in [5, 5.41) is 6.41. The molecule has 0 saturated heterocycles. The highest BCUT2D eigenvalue weighted by molar-refractivity contribution is 6.02. The van der Waals surface area contributed by atoms with Crippen LogP contribution in [-0.2, 0) is 0 Å². The lowest BCUT2D eigenvalue weighted by molar-refractivity contribution is 0.0940. The van der Waals surface area contributed by atoms with E-state index in [1.807, 2.05) is 57.2 Å². The number of pyridine rings is 2. The minimum Gasteiger partial charge on any atom is -0.370 e. The minimum absolute atomic E-state index is 0.192. The number of hydrogen-bond acceptors (Lipinski definition) is 5. The van der Waals surface area contributed by atoms with Crippen LogP contribution in [0.5, 0.6) is 0 Å². The Morgan fingerprint density at radius 2 is 1.90 bits per heavy atom. The molecule has 1 aromatic carbocycles. The normalized spacial score (nSPS) is 12.1. The standard InChI is InChI=1S/C23H23N5O2/c1-4-24-20-17(22(29)25-15(3)16-8-6-5-7-9-16)12-18-21(27-20)26-19-11-10-14(2)13-28(19)23(18)30/h5-13,15H,4H2,1-3H3,(H,24,27)(H,25,29). The van der Waals surface area contributed by atoms with E-state index < -0.39 is 0 Å². The fourth-order valence-corrected chi connectivity index (χ4v) is 3.41. The molecular formula is C23H23N5O2. The molecule has 2 N–H and O–H groups in total. The second-order valence-corrected chi connectivity index (χ2v) is 7.24. The molecule has 7 nitrogen and oxygen atoms in total. The van der Waals surface area contributed by atoms with Gasteiger partial charge in [-0.25, -0.2) is 9.97 Å². The molecule has 0 aliphatic heterocycles. The molecule has 152 valence electrons. The third-order valence-corrected chi connectivity index (χ3v) is 4.98. The van der Waals surface area contributed by atoms with Crippen molar-refractivity contribution in [1.82, 2.24) is 19.7 Å². The fourth-order valence-electron chi connectivity index (χ4n) is 3.41. The maximum Gasteiger partial charge on any atom is 0.267 e. The van der Waals surface area contributed by atoms with Crippen LogP contribution in [0.1, 0.15) is 41.4 Å². The number of benzene rings is 1. The number of anilines is 1. The van der Waals surface area contributed by atoms with E-state index in [0.717, 1.165) is 11.1 Å². The van der Waals surface area contributed by atoms with Crippen molar-refractivity contribution < 1.29 is 4.79 Å². The Balaban J connectivity index is 1.82. The number of nitrogens with zero attached hydrogens (tertiary/aromatic N) is 3. The Hall–Kier alpha value is -3.74. The highest BCUT2D eigenvalue weighted by atomic mass is 16.2. The number of carbonyl (C=O) groups excluding carboxylic acids is 1. The van der Waals surface area contributed by atoms with Crippen LogP contribution in [0.15, 0.2) is 59.5 Å². The van der Waals surface area contributed by atoms with Gasteiger partial charge in [0.05, 0.1) is 17.0 Å². The second kappa shape index (κ2) is 7.94. The number of amides is 1. The monoisotopic (exact) mass is 401 g/mol. The van der Waals surface area contributed by atoms with Gasteiger partial charge in [-0.15, -0.1) is 0 Å². The van der Waals surface area contributed by atoms with E-state index in [1.54, 1.807) is 18.3 Å². The molecule has 0 bridgehead atoms. The summed E-state index contributed by atoms with van der Waals surface area (Å²) in [4.78, 5) is 35.1. The third-order valence-electron chi connectivity index (χ3n) is 4.98. The summed E-state index contributed by atoms with van der Waals surface area (Å²) in [6, 6.07) is 14.8. The zero-order chi connectivity index (χ0) is 21.3. The van der Waals surface area contributed by atoms with Crippen LogP contribution in [0.4, 0.5) is 5.82 Å². The average Bonchev–Trinajstić information content (AvgIpc) is 2.75. The number of aryl methyl sites for hydroxylation is 1. The Kier molecular flexibility index (Phi) is 5.18. The molecule has 30 heavy (non-hydrogen) atoms. The SMILES string of the molecule is CCNc1nc2nc3ccc(C)cn3c(=O)c2cc1C(=O)NC(C)c1ccccc1. The first-order valence-corrected chi connectivity index (χ1v) is 9.91. The predicted molar refractivity (Wildman–Crippen MR) is 118 cm³/mol. The number of rotatable bonds is 5. The number of fused-ring (bicyclic) bond motifs is 2.